The number of thiophene rings is 1. The molecule has 4 heteroatoms. The number of nitrogens with one attached hydrogen (secondary N) is 1. The Hall–Kier alpha value is -0.710. The molecule has 0 saturated heterocycles. The quantitative estimate of drug-likeness (QED) is 0.903. The number of hydrogen-bond acceptors (Lipinski definition) is 4. The molecule has 104 valence electrons. The summed E-state index contributed by atoms with van der Waals surface area (Å²) in [4.78, 5) is 7.52. The molecule has 0 radical (unpaired) electrons. The first kappa shape index (κ1) is 14.7. The van der Waals surface area contributed by atoms with Crippen molar-refractivity contribution in [3.63, 3.8) is 0 Å². The zero-order chi connectivity index (χ0) is 14.0. The molecule has 0 amide bonds. The molecule has 0 aliphatic carbocycles. The van der Waals surface area contributed by atoms with Crippen molar-refractivity contribution >= 4 is 22.7 Å². The SMILES string of the molecule is Cc1cc(CNCc2csc(C(C)(C)C)n2)sc1C. The Labute approximate surface area is 123 Å². The van der Waals surface area contributed by atoms with Crippen LogP contribution in [0.3, 0.4) is 0 Å². The fraction of sp³-hybridized carbons (Fsp3) is 0.533. The molecule has 0 bridgehead atoms. The van der Waals surface area contributed by atoms with Gasteiger partial charge in [0.1, 0.15) is 0 Å². The highest BCUT2D eigenvalue weighted by Gasteiger charge is 2.17. The van der Waals surface area contributed by atoms with Crippen molar-refractivity contribution in [2.24, 2.45) is 0 Å². The summed E-state index contributed by atoms with van der Waals surface area (Å²) >= 11 is 3.64. The molecule has 2 heterocycles. The second kappa shape index (κ2) is 5.73. The van der Waals surface area contributed by atoms with Crippen LogP contribution in [0.5, 0.6) is 0 Å². The van der Waals surface area contributed by atoms with Crippen LogP contribution >= 0.6 is 22.7 Å². The van der Waals surface area contributed by atoms with E-state index in [0.29, 0.717) is 0 Å². The molecule has 1 N–H and O–H groups in total. The van der Waals surface area contributed by atoms with E-state index >= 15 is 0 Å². The molecule has 0 aliphatic heterocycles. The highest BCUT2D eigenvalue weighted by atomic mass is 32.1. The van der Waals surface area contributed by atoms with Crippen LogP contribution in [0, 0.1) is 13.8 Å². The normalized spacial score (nSPS) is 12.1. The summed E-state index contributed by atoms with van der Waals surface area (Å²) in [6, 6.07) is 2.27. The van der Waals surface area contributed by atoms with Crippen molar-refractivity contribution in [3.8, 4) is 0 Å². The molecular weight excluding hydrogens is 272 g/mol. The lowest BCUT2D eigenvalue weighted by molar-refractivity contribution is 0.579. The van der Waals surface area contributed by atoms with Gasteiger partial charge in [-0.05, 0) is 25.5 Å². The number of aryl methyl sites for hydroxylation is 2. The molecule has 0 fully saturated rings. The van der Waals surface area contributed by atoms with Gasteiger partial charge in [0, 0.05) is 33.6 Å². The van der Waals surface area contributed by atoms with Gasteiger partial charge in [-0.25, -0.2) is 4.98 Å². The second-order valence-electron chi connectivity index (χ2n) is 5.95. The molecule has 0 spiro atoms. The van der Waals surface area contributed by atoms with E-state index in [1.54, 1.807) is 11.3 Å². The standard InChI is InChI=1S/C15H22N2S2/c1-10-6-13(19-11(10)2)8-16-7-12-9-18-14(17-12)15(3,4)5/h6,9,16H,7-8H2,1-5H3. The van der Waals surface area contributed by atoms with Gasteiger partial charge < -0.3 is 5.32 Å². The lowest BCUT2D eigenvalue weighted by atomic mass is 9.98. The van der Waals surface area contributed by atoms with Crippen molar-refractivity contribution in [1.29, 1.82) is 0 Å². The maximum absolute atomic E-state index is 4.69. The number of rotatable bonds is 4. The molecule has 0 saturated carbocycles. The van der Waals surface area contributed by atoms with Gasteiger partial charge in [-0.1, -0.05) is 20.8 Å². The van der Waals surface area contributed by atoms with E-state index < -0.39 is 0 Å². The molecule has 0 aliphatic rings. The molecule has 0 aromatic carbocycles. The van der Waals surface area contributed by atoms with Crippen molar-refractivity contribution in [2.75, 3.05) is 0 Å². The highest BCUT2D eigenvalue weighted by Crippen LogP contribution is 2.25. The highest BCUT2D eigenvalue weighted by molar-refractivity contribution is 7.12. The predicted octanol–water partition coefficient (Wildman–Crippen LogP) is 4.41. The maximum Gasteiger partial charge on any atom is 0.0982 e. The molecule has 2 aromatic rings. The fourth-order valence-corrected chi connectivity index (χ4v) is 3.71. The lowest BCUT2D eigenvalue weighted by Crippen LogP contribution is -2.14. The summed E-state index contributed by atoms with van der Waals surface area (Å²) in [6.45, 7) is 12.8. The van der Waals surface area contributed by atoms with Gasteiger partial charge >= 0.3 is 0 Å². The van der Waals surface area contributed by atoms with Crippen LogP contribution in [-0.4, -0.2) is 4.98 Å². The first-order valence-corrected chi connectivity index (χ1v) is 8.27. The number of hydrogen-bond donors (Lipinski definition) is 1. The summed E-state index contributed by atoms with van der Waals surface area (Å²) in [5.41, 5.74) is 2.70. The third-order valence-electron chi connectivity index (χ3n) is 3.02. The Balaban J connectivity index is 1.87. The molecule has 19 heavy (non-hydrogen) atoms. The summed E-state index contributed by atoms with van der Waals surface area (Å²) in [5, 5.41) is 6.86. The summed E-state index contributed by atoms with van der Waals surface area (Å²) in [5.74, 6) is 0. The summed E-state index contributed by atoms with van der Waals surface area (Å²) in [6.07, 6.45) is 0. The second-order valence-corrected chi connectivity index (χ2v) is 8.15. The van der Waals surface area contributed by atoms with E-state index in [9.17, 15) is 0 Å². The van der Waals surface area contributed by atoms with Crippen LogP contribution in [0.1, 0.15) is 46.8 Å². The van der Waals surface area contributed by atoms with Gasteiger partial charge in [0.25, 0.3) is 0 Å². The minimum atomic E-state index is 0.158. The third kappa shape index (κ3) is 3.88. The third-order valence-corrected chi connectivity index (χ3v) is 5.49. The molecule has 2 nitrogen and oxygen atoms in total. The van der Waals surface area contributed by atoms with E-state index in [-0.39, 0.29) is 5.41 Å². The Morgan fingerprint density at radius 1 is 1.21 bits per heavy atom. The Bertz CT molecular complexity index is 527. The topological polar surface area (TPSA) is 24.9 Å². The molecule has 2 rings (SSSR count). The maximum atomic E-state index is 4.69. The first-order chi connectivity index (χ1) is 8.86. The monoisotopic (exact) mass is 294 g/mol. The summed E-state index contributed by atoms with van der Waals surface area (Å²) < 4.78 is 0. The van der Waals surface area contributed by atoms with E-state index in [4.69, 9.17) is 4.98 Å². The molecular formula is C15H22N2S2. The van der Waals surface area contributed by atoms with Gasteiger partial charge in [0.05, 0.1) is 10.7 Å². The van der Waals surface area contributed by atoms with E-state index in [1.807, 2.05) is 11.3 Å². The van der Waals surface area contributed by atoms with Crippen molar-refractivity contribution < 1.29 is 0 Å². The Morgan fingerprint density at radius 2 is 1.95 bits per heavy atom. The molecule has 2 aromatic heterocycles. The molecule has 0 unspecified atom stereocenters. The fourth-order valence-electron chi connectivity index (χ4n) is 1.78. The average Bonchev–Trinajstić information content (AvgIpc) is 2.87. The zero-order valence-electron chi connectivity index (χ0n) is 12.3. The van der Waals surface area contributed by atoms with Crippen LogP contribution in [0.4, 0.5) is 0 Å². The number of aromatic nitrogens is 1. The van der Waals surface area contributed by atoms with Crippen molar-refractivity contribution in [2.45, 2.75) is 53.1 Å². The first-order valence-electron chi connectivity index (χ1n) is 6.58. The van der Waals surface area contributed by atoms with E-state index in [1.165, 1.54) is 20.3 Å². The minimum absolute atomic E-state index is 0.158. The molecule has 0 atom stereocenters. The van der Waals surface area contributed by atoms with E-state index in [0.717, 1.165) is 18.8 Å². The smallest absolute Gasteiger partial charge is 0.0982 e. The average molecular weight is 294 g/mol. The van der Waals surface area contributed by atoms with Crippen LogP contribution in [-0.2, 0) is 18.5 Å². The van der Waals surface area contributed by atoms with Crippen LogP contribution < -0.4 is 5.32 Å². The van der Waals surface area contributed by atoms with Crippen LogP contribution in [0.15, 0.2) is 11.4 Å². The van der Waals surface area contributed by atoms with Crippen molar-refractivity contribution in [3.05, 3.63) is 37.5 Å². The van der Waals surface area contributed by atoms with Gasteiger partial charge in [-0.15, -0.1) is 22.7 Å². The number of thiazole rings is 1. The lowest BCUT2D eigenvalue weighted by Gasteiger charge is -2.13. The van der Waals surface area contributed by atoms with Crippen LogP contribution in [0.2, 0.25) is 0 Å². The van der Waals surface area contributed by atoms with Crippen LogP contribution in [0.25, 0.3) is 0 Å². The van der Waals surface area contributed by atoms with Gasteiger partial charge in [-0.3, -0.25) is 0 Å². The summed E-state index contributed by atoms with van der Waals surface area (Å²) in [7, 11) is 0. The van der Waals surface area contributed by atoms with Crippen molar-refractivity contribution in [1.82, 2.24) is 10.3 Å². The minimum Gasteiger partial charge on any atom is -0.306 e. The number of nitrogens with zero attached hydrogens (tertiary/aromatic N) is 1. The Morgan fingerprint density at radius 3 is 2.47 bits per heavy atom. The zero-order valence-corrected chi connectivity index (χ0v) is 14.0. The predicted molar refractivity (Wildman–Crippen MR) is 85.2 cm³/mol. The largest absolute Gasteiger partial charge is 0.306 e. The van der Waals surface area contributed by atoms with E-state index in [2.05, 4.69) is 51.4 Å². The van der Waals surface area contributed by atoms with Gasteiger partial charge in [0.15, 0.2) is 0 Å². The Kier molecular flexibility index (Phi) is 4.43. The van der Waals surface area contributed by atoms with Gasteiger partial charge in [0.2, 0.25) is 0 Å². The van der Waals surface area contributed by atoms with Gasteiger partial charge in [-0.2, -0.15) is 0 Å².